The lowest BCUT2D eigenvalue weighted by atomic mass is 10.0. The van der Waals surface area contributed by atoms with E-state index in [4.69, 9.17) is 9.47 Å². The average molecular weight is 572 g/mol. The molecule has 0 aromatic heterocycles. The van der Waals surface area contributed by atoms with Crippen molar-refractivity contribution < 1.29 is 17.9 Å². The standard InChI is InChI=1S/C33H37N3O4S/c1-25-9-19-30(20-10-25)41(37,38)34-32-8-5-4-7-31(32)33-35(23-26-11-15-28(39-2)16-12-26)21-6-22-36(33)24-27-13-17-29(40-3)18-14-27/h4-5,7-20,33-34H,6,21-24H2,1-3H3. The number of rotatable bonds is 10. The largest absolute Gasteiger partial charge is 0.497 e. The maximum absolute atomic E-state index is 13.5. The maximum Gasteiger partial charge on any atom is 0.261 e. The van der Waals surface area contributed by atoms with Crippen LogP contribution in [0.4, 0.5) is 5.69 Å². The van der Waals surface area contributed by atoms with Crippen LogP contribution in [0.15, 0.2) is 102 Å². The van der Waals surface area contributed by atoms with Gasteiger partial charge in [0.1, 0.15) is 11.5 Å². The molecule has 1 aliphatic heterocycles. The summed E-state index contributed by atoms with van der Waals surface area (Å²) >= 11 is 0. The third kappa shape index (κ3) is 6.90. The van der Waals surface area contributed by atoms with E-state index in [1.807, 2.05) is 67.6 Å². The van der Waals surface area contributed by atoms with Crippen LogP contribution in [-0.4, -0.2) is 45.5 Å². The van der Waals surface area contributed by atoms with Crippen molar-refractivity contribution in [2.24, 2.45) is 0 Å². The summed E-state index contributed by atoms with van der Waals surface area (Å²) < 4.78 is 40.5. The SMILES string of the molecule is COc1ccc(CN2CCCN(Cc3ccc(OC)cc3)C2c2ccccc2NS(=O)(=O)c2ccc(C)cc2)cc1. The van der Waals surface area contributed by atoms with Crippen molar-refractivity contribution in [1.29, 1.82) is 0 Å². The molecule has 1 N–H and O–H groups in total. The number of hydrogen-bond acceptors (Lipinski definition) is 6. The molecule has 0 saturated carbocycles. The van der Waals surface area contributed by atoms with Crippen LogP contribution in [0.25, 0.3) is 0 Å². The summed E-state index contributed by atoms with van der Waals surface area (Å²) in [6.07, 6.45) is 0.852. The molecule has 1 saturated heterocycles. The first-order chi connectivity index (χ1) is 19.9. The van der Waals surface area contributed by atoms with Gasteiger partial charge in [0.2, 0.25) is 0 Å². The van der Waals surface area contributed by atoms with Gasteiger partial charge in [-0.15, -0.1) is 0 Å². The molecule has 4 aromatic carbocycles. The van der Waals surface area contributed by atoms with Crippen molar-refractivity contribution in [2.45, 2.75) is 37.5 Å². The monoisotopic (exact) mass is 571 g/mol. The fourth-order valence-electron chi connectivity index (χ4n) is 5.34. The summed E-state index contributed by atoms with van der Waals surface area (Å²) in [5.74, 6) is 1.64. The first-order valence-electron chi connectivity index (χ1n) is 13.8. The number of anilines is 1. The van der Waals surface area contributed by atoms with Crippen LogP contribution >= 0.6 is 0 Å². The number of ether oxygens (including phenoxy) is 2. The molecule has 5 rings (SSSR count). The van der Waals surface area contributed by atoms with Gasteiger partial charge in [-0.25, -0.2) is 8.42 Å². The van der Waals surface area contributed by atoms with Crippen LogP contribution < -0.4 is 14.2 Å². The Balaban J connectivity index is 1.51. The number of nitrogens with zero attached hydrogens (tertiary/aromatic N) is 2. The smallest absolute Gasteiger partial charge is 0.261 e. The van der Waals surface area contributed by atoms with Gasteiger partial charge in [-0.2, -0.15) is 0 Å². The molecule has 1 heterocycles. The topological polar surface area (TPSA) is 71.1 Å². The van der Waals surface area contributed by atoms with Gasteiger partial charge in [-0.05, 0) is 66.9 Å². The van der Waals surface area contributed by atoms with Crippen molar-refractivity contribution in [3.05, 3.63) is 119 Å². The van der Waals surface area contributed by atoms with E-state index in [0.29, 0.717) is 18.8 Å². The van der Waals surface area contributed by atoms with E-state index in [1.165, 1.54) is 11.1 Å². The molecule has 0 aliphatic carbocycles. The number of hydrogen-bond donors (Lipinski definition) is 1. The highest BCUT2D eigenvalue weighted by Gasteiger charge is 2.33. The molecule has 1 aliphatic rings. The van der Waals surface area contributed by atoms with Crippen LogP contribution in [0.3, 0.4) is 0 Å². The summed E-state index contributed by atoms with van der Waals surface area (Å²) in [5.41, 5.74) is 4.85. The van der Waals surface area contributed by atoms with Crippen molar-refractivity contribution in [1.82, 2.24) is 9.80 Å². The Labute approximate surface area is 243 Å². The van der Waals surface area contributed by atoms with Crippen LogP contribution in [0, 0.1) is 6.92 Å². The number of nitrogens with one attached hydrogen (secondary N) is 1. The Kier molecular flexibility index (Phi) is 8.93. The summed E-state index contributed by atoms with van der Waals surface area (Å²) in [7, 11) is -0.438. The molecular weight excluding hydrogens is 534 g/mol. The molecule has 214 valence electrons. The maximum atomic E-state index is 13.5. The number of sulfonamides is 1. The lowest BCUT2D eigenvalue weighted by molar-refractivity contribution is -0.00865. The molecule has 0 unspecified atom stereocenters. The minimum Gasteiger partial charge on any atom is -0.497 e. The van der Waals surface area contributed by atoms with Crippen LogP contribution in [0.1, 0.15) is 34.8 Å². The van der Waals surface area contributed by atoms with Crippen molar-refractivity contribution >= 4 is 15.7 Å². The first kappa shape index (κ1) is 28.7. The predicted octanol–water partition coefficient (Wildman–Crippen LogP) is 6.22. The highest BCUT2D eigenvalue weighted by atomic mass is 32.2. The molecule has 0 bridgehead atoms. The summed E-state index contributed by atoms with van der Waals surface area (Å²) in [6, 6.07) is 30.9. The molecule has 41 heavy (non-hydrogen) atoms. The average Bonchev–Trinajstić information content (AvgIpc) is 2.99. The minimum atomic E-state index is -3.77. The van der Waals surface area contributed by atoms with Gasteiger partial charge in [0.15, 0.2) is 0 Å². The van der Waals surface area contributed by atoms with Gasteiger partial charge in [0.25, 0.3) is 10.0 Å². The Morgan fingerprint density at radius 2 is 1.24 bits per heavy atom. The molecule has 1 fully saturated rings. The van der Waals surface area contributed by atoms with E-state index < -0.39 is 10.0 Å². The van der Waals surface area contributed by atoms with E-state index >= 15 is 0 Å². The van der Waals surface area contributed by atoms with Gasteiger partial charge in [-0.1, -0.05) is 60.2 Å². The zero-order chi connectivity index (χ0) is 28.8. The van der Waals surface area contributed by atoms with Gasteiger partial charge in [-0.3, -0.25) is 14.5 Å². The van der Waals surface area contributed by atoms with Crippen molar-refractivity contribution in [2.75, 3.05) is 32.0 Å². The second-order valence-corrected chi connectivity index (χ2v) is 12.1. The Bertz CT molecular complexity index is 1480. The van der Waals surface area contributed by atoms with Crippen LogP contribution in [-0.2, 0) is 23.1 Å². The van der Waals surface area contributed by atoms with E-state index in [-0.39, 0.29) is 11.1 Å². The van der Waals surface area contributed by atoms with E-state index in [2.05, 4.69) is 38.8 Å². The third-order valence-electron chi connectivity index (χ3n) is 7.49. The molecule has 8 heteroatoms. The Hall–Kier alpha value is -3.85. The fourth-order valence-corrected chi connectivity index (χ4v) is 6.43. The highest BCUT2D eigenvalue weighted by molar-refractivity contribution is 7.92. The lowest BCUT2D eigenvalue weighted by Crippen LogP contribution is -2.47. The fraction of sp³-hybridized carbons (Fsp3) is 0.273. The first-order valence-corrected chi connectivity index (χ1v) is 15.3. The van der Waals surface area contributed by atoms with Gasteiger partial charge < -0.3 is 9.47 Å². The Morgan fingerprint density at radius 1 is 0.732 bits per heavy atom. The predicted molar refractivity (Wildman–Crippen MR) is 163 cm³/mol. The van der Waals surface area contributed by atoms with Gasteiger partial charge in [0, 0.05) is 31.7 Å². The number of benzene rings is 4. The second-order valence-electron chi connectivity index (χ2n) is 10.4. The number of aryl methyl sites for hydroxylation is 1. The Morgan fingerprint density at radius 3 is 1.76 bits per heavy atom. The molecule has 7 nitrogen and oxygen atoms in total. The molecular formula is C33H37N3O4S. The molecule has 0 spiro atoms. The number of para-hydroxylation sites is 1. The molecule has 0 atom stereocenters. The van der Waals surface area contributed by atoms with E-state index in [0.717, 1.165) is 42.1 Å². The van der Waals surface area contributed by atoms with Crippen LogP contribution in [0.2, 0.25) is 0 Å². The minimum absolute atomic E-state index is 0.148. The zero-order valence-corrected chi connectivity index (χ0v) is 24.6. The van der Waals surface area contributed by atoms with Crippen molar-refractivity contribution in [3.63, 3.8) is 0 Å². The zero-order valence-electron chi connectivity index (χ0n) is 23.8. The molecule has 0 amide bonds. The summed E-state index contributed by atoms with van der Waals surface area (Å²) in [5, 5.41) is 0. The lowest BCUT2D eigenvalue weighted by Gasteiger charge is -2.45. The number of methoxy groups -OCH3 is 2. The van der Waals surface area contributed by atoms with E-state index in [1.54, 1.807) is 26.4 Å². The summed E-state index contributed by atoms with van der Waals surface area (Å²) in [4.78, 5) is 5.09. The molecule has 0 radical (unpaired) electrons. The van der Waals surface area contributed by atoms with E-state index in [9.17, 15) is 8.42 Å². The van der Waals surface area contributed by atoms with Crippen molar-refractivity contribution in [3.8, 4) is 11.5 Å². The highest BCUT2D eigenvalue weighted by Crippen LogP contribution is 2.37. The van der Waals surface area contributed by atoms with Gasteiger partial charge in [0.05, 0.1) is 31.0 Å². The second kappa shape index (κ2) is 12.8. The van der Waals surface area contributed by atoms with Gasteiger partial charge >= 0.3 is 0 Å². The summed E-state index contributed by atoms with van der Waals surface area (Å²) in [6.45, 7) is 5.14. The third-order valence-corrected chi connectivity index (χ3v) is 8.87. The normalized spacial score (nSPS) is 15.0. The molecule has 4 aromatic rings. The van der Waals surface area contributed by atoms with Crippen LogP contribution in [0.5, 0.6) is 11.5 Å². The quantitative estimate of drug-likeness (QED) is 0.244.